The van der Waals surface area contributed by atoms with Crippen molar-refractivity contribution < 1.29 is 8.78 Å². The van der Waals surface area contributed by atoms with Crippen LogP contribution in [0.25, 0.3) is 96.7 Å². The van der Waals surface area contributed by atoms with Crippen molar-refractivity contribution in [3.8, 4) is 33.4 Å². The van der Waals surface area contributed by atoms with Crippen LogP contribution in [0.4, 0.5) is 19.0 Å². The molecule has 0 unspecified atom stereocenters. The van der Waals surface area contributed by atoms with E-state index < -0.39 is 0 Å². The second-order valence-electron chi connectivity index (χ2n) is 28.6. The van der Waals surface area contributed by atoms with Gasteiger partial charge in [0.2, 0.25) is 0 Å². The Bertz CT molecular complexity index is 4690. The molecule has 0 amide bonds. The lowest BCUT2D eigenvalue weighted by Gasteiger charge is -2.49. The molecule has 0 aliphatic carbocycles. The maximum Gasteiger partial charge on any atom is 0.186 e. The molecule has 0 atom stereocenters. The monoisotopic (exact) mass is 1280 g/mol. The first-order valence-corrected chi connectivity index (χ1v) is 34.2. The predicted octanol–water partition coefficient (Wildman–Crippen LogP) is 16.4. The fourth-order valence-electron chi connectivity index (χ4n) is 14.9. The largest absolute Gasteiger partial charge is 0.348 e. The molecule has 0 spiro atoms. The first-order chi connectivity index (χ1) is 43.1. The molecule has 3 N–H and O–H groups in total. The molecule has 0 radical (unpaired) electrons. The summed E-state index contributed by atoms with van der Waals surface area (Å²) in [7, 11) is 9.99. The van der Waals surface area contributed by atoms with Gasteiger partial charge in [-0.1, -0.05) is 34.8 Å². The molecule has 15 rings (SSSR count). The Balaban J connectivity index is 0.000000126. The smallest absolute Gasteiger partial charge is 0.186 e. The number of nitrogens with one attached hydrogen (secondary N) is 3. The van der Waals surface area contributed by atoms with E-state index in [4.69, 9.17) is 15.0 Å². The number of hydrogen-bond donors (Lipinski definition) is 3. The van der Waals surface area contributed by atoms with Gasteiger partial charge in [0.05, 0.1) is 41.2 Å². The first kappa shape index (κ1) is 62.5. The van der Waals surface area contributed by atoms with Crippen molar-refractivity contribution in [1.82, 2.24) is 60.2 Å². The number of fused-ring (bicyclic) bond motifs is 6. The number of hydrogen-bond acceptors (Lipinski definition) is 14. The number of aryl methyl sites for hydroxylation is 5. The number of rotatable bonds is 8. The number of thiazole rings is 3. The van der Waals surface area contributed by atoms with Crippen molar-refractivity contribution in [2.75, 3.05) is 37.0 Å². The minimum absolute atomic E-state index is 0.0403. The van der Waals surface area contributed by atoms with Crippen molar-refractivity contribution in [3.63, 3.8) is 0 Å². The van der Waals surface area contributed by atoms with E-state index in [1.165, 1.54) is 44.6 Å². The topological polar surface area (TPSA) is 135 Å². The number of aromatic nitrogens is 9. The minimum atomic E-state index is -0.273. The Labute approximate surface area is 544 Å². The van der Waals surface area contributed by atoms with Gasteiger partial charge in [0, 0.05) is 110 Å². The van der Waals surface area contributed by atoms with Crippen molar-refractivity contribution in [3.05, 3.63) is 131 Å². The van der Waals surface area contributed by atoms with Crippen LogP contribution in [-0.4, -0.2) is 106 Å². The van der Waals surface area contributed by atoms with E-state index in [0.29, 0.717) is 29.0 Å². The molecule has 0 bridgehead atoms. The van der Waals surface area contributed by atoms with Crippen LogP contribution >= 0.6 is 34.0 Å². The normalized spacial score (nSPS) is 17.7. The SMILES string of the molecule is CN(c1nc2c(F)cc(-c3ccc4nn(C)cc4c3)cc2s1)C1CC(C)(C)NC(C)(C)C1.Cc1cc(-c2cc(F)c3nc(N(C)C4CC(C)(C)NC(C)(C)C4)sc3c2)cc2cn(C)nc12.Cc1cc(-c2ccc3nc(C4CCNCC4)sc3c2)cc2cn(C)nc12. The van der Waals surface area contributed by atoms with Crippen LogP contribution in [0, 0.1) is 25.5 Å². The van der Waals surface area contributed by atoms with Crippen molar-refractivity contribution in [2.24, 2.45) is 21.1 Å². The highest BCUT2D eigenvalue weighted by Crippen LogP contribution is 2.42. The third kappa shape index (κ3) is 13.1. The summed E-state index contributed by atoms with van der Waals surface area (Å²) in [5.41, 5.74) is 13.7. The van der Waals surface area contributed by atoms with Crippen molar-refractivity contribution in [1.29, 1.82) is 0 Å². The van der Waals surface area contributed by atoms with Crippen LogP contribution in [0.15, 0.2) is 104 Å². The highest BCUT2D eigenvalue weighted by atomic mass is 32.1. The molecule has 91 heavy (non-hydrogen) atoms. The van der Waals surface area contributed by atoms with Gasteiger partial charge in [-0.3, -0.25) is 14.0 Å². The van der Waals surface area contributed by atoms with Crippen LogP contribution in [0.2, 0.25) is 0 Å². The zero-order chi connectivity index (χ0) is 64.2. The zero-order valence-electron chi connectivity index (χ0n) is 55.1. The summed E-state index contributed by atoms with van der Waals surface area (Å²) in [6, 6.07) is 29.4. The standard InChI is InChI=1S/C26H32FN5S.C25H30FN5S.C21H22N4S/c1-15-8-16(9-18-14-31(6)29-22(15)18)17-10-20(27)23-21(11-17)33-24(28-23)32(7)19-12-25(2,3)30-26(4,5)13-19;1-24(2)12-18(13-25(3,4)29-24)31(6)23-27-22-19(26)10-16(11-21(22)32-23)15-7-8-20-17(9-15)14-30(5)28-20;1-13-9-16(10-17-12-25(2)24-20(13)17)15-3-4-18-19(11-15)26-21(23-18)14-5-7-22-8-6-14/h8-11,14,19,30H,12-13H2,1-7H3;7-11,14,18,29H,12-13H2,1-6H3;3-4,9-12,14,22H,5-8H2,1-2H3. The fourth-order valence-corrected chi connectivity index (χ4v) is 18.2. The van der Waals surface area contributed by atoms with E-state index in [-0.39, 0.29) is 33.8 Å². The molecule has 3 aliphatic heterocycles. The third-order valence-electron chi connectivity index (χ3n) is 18.4. The van der Waals surface area contributed by atoms with Gasteiger partial charge < -0.3 is 25.8 Å². The molecular weight excluding hydrogens is 1200 g/mol. The van der Waals surface area contributed by atoms with Gasteiger partial charge in [-0.15, -0.1) is 11.3 Å². The van der Waals surface area contributed by atoms with E-state index in [2.05, 4.69) is 191 Å². The van der Waals surface area contributed by atoms with Crippen LogP contribution in [0.3, 0.4) is 0 Å². The van der Waals surface area contributed by atoms with E-state index in [1.807, 2.05) is 66.4 Å². The Morgan fingerprint density at radius 2 is 0.868 bits per heavy atom. The first-order valence-electron chi connectivity index (χ1n) is 31.8. The van der Waals surface area contributed by atoms with Crippen molar-refractivity contribution in [2.45, 2.75) is 148 Å². The van der Waals surface area contributed by atoms with E-state index in [0.717, 1.165) is 119 Å². The summed E-state index contributed by atoms with van der Waals surface area (Å²) < 4.78 is 38.9. The minimum Gasteiger partial charge on any atom is -0.348 e. The second-order valence-corrected chi connectivity index (χ2v) is 31.7. The number of halogens is 2. The predicted molar refractivity (Wildman–Crippen MR) is 378 cm³/mol. The summed E-state index contributed by atoms with van der Waals surface area (Å²) in [6.07, 6.45) is 12.5. The Hall–Kier alpha value is -7.26. The van der Waals surface area contributed by atoms with Gasteiger partial charge in [-0.2, -0.15) is 15.3 Å². The van der Waals surface area contributed by atoms with Gasteiger partial charge in [-0.25, -0.2) is 23.7 Å². The summed E-state index contributed by atoms with van der Waals surface area (Å²) in [4.78, 5) is 18.8. The fraction of sp³-hybridized carbons (Fsp3) is 0.417. The number of piperidine rings is 3. The zero-order valence-corrected chi connectivity index (χ0v) is 57.6. The Morgan fingerprint density at radius 1 is 0.462 bits per heavy atom. The summed E-state index contributed by atoms with van der Waals surface area (Å²) >= 11 is 5.01. The average molecular weight is 1280 g/mol. The maximum absolute atomic E-state index is 15.2. The van der Waals surface area contributed by atoms with Crippen molar-refractivity contribution >= 4 is 108 Å². The lowest BCUT2D eigenvalue weighted by molar-refractivity contribution is 0.160. The van der Waals surface area contributed by atoms with Gasteiger partial charge >= 0.3 is 0 Å². The summed E-state index contributed by atoms with van der Waals surface area (Å²) in [6.45, 7) is 24.4. The molecule has 474 valence electrons. The highest BCUT2D eigenvalue weighted by molar-refractivity contribution is 7.22. The molecule has 3 aliphatic rings. The summed E-state index contributed by atoms with van der Waals surface area (Å²) in [5.74, 6) is 0.0741. The molecule has 3 fully saturated rings. The van der Waals surface area contributed by atoms with E-state index in [9.17, 15) is 0 Å². The molecular formula is C72H84F2N14S3. The molecule has 0 saturated carbocycles. The highest BCUT2D eigenvalue weighted by Gasteiger charge is 2.41. The molecule has 9 heterocycles. The lowest BCUT2D eigenvalue weighted by atomic mass is 9.79. The quantitative estimate of drug-likeness (QED) is 0.134. The molecule has 6 aromatic carbocycles. The van der Waals surface area contributed by atoms with Gasteiger partial charge in [-0.05, 0) is 238 Å². The lowest BCUT2D eigenvalue weighted by Crippen LogP contribution is -2.61. The van der Waals surface area contributed by atoms with E-state index >= 15 is 8.78 Å². The van der Waals surface area contributed by atoms with Crippen LogP contribution in [0.1, 0.15) is 116 Å². The maximum atomic E-state index is 15.2. The molecule has 19 heteroatoms. The number of nitrogens with zero attached hydrogens (tertiary/aromatic N) is 11. The third-order valence-corrected chi connectivity index (χ3v) is 21.8. The van der Waals surface area contributed by atoms with Crippen LogP contribution in [0.5, 0.6) is 0 Å². The van der Waals surface area contributed by atoms with Gasteiger partial charge in [0.1, 0.15) is 11.0 Å². The second kappa shape index (κ2) is 23.7. The molecule has 3 saturated heterocycles. The number of benzene rings is 6. The molecule has 14 nitrogen and oxygen atoms in total. The van der Waals surface area contributed by atoms with Crippen LogP contribution < -0.4 is 25.8 Å². The Morgan fingerprint density at radius 3 is 1.37 bits per heavy atom. The van der Waals surface area contributed by atoms with E-state index in [1.54, 1.807) is 39.5 Å². The summed E-state index contributed by atoms with van der Waals surface area (Å²) in [5, 5.41) is 30.8. The number of anilines is 2. The Kier molecular flexibility index (Phi) is 16.3. The molecule has 6 aromatic heterocycles. The molecule has 12 aromatic rings. The van der Waals surface area contributed by atoms with Gasteiger partial charge in [0.15, 0.2) is 21.9 Å². The average Bonchev–Trinajstić information content (AvgIpc) is 1.85. The van der Waals surface area contributed by atoms with Crippen LogP contribution in [-0.2, 0) is 21.1 Å². The van der Waals surface area contributed by atoms with Gasteiger partial charge in [0.25, 0.3) is 0 Å².